The number of hydrogen-bond acceptors (Lipinski definition) is 2. The summed E-state index contributed by atoms with van der Waals surface area (Å²) in [4.78, 5) is 4.46. The summed E-state index contributed by atoms with van der Waals surface area (Å²) in [6.45, 7) is 4.01. The van der Waals surface area contributed by atoms with Crippen LogP contribution in [0.5, 0.6) is 0 Å². The summed E-state index contributed by atoms with van der Waals surface area (Å²) in [7, 11) is 0. The van der Waals surface area contributed by atoms with Crippen molar-refractivity contribution in [1.82, 2.24) is 4.98 Å². The van der Waals surface area contributed by atoms with Crippen molar-refractivity contribution < 1.29 is 0 Å². The van der Waals surface area contributed by atoms with Crippen molar-refractivity contribution in [2.24, 2.45) is 0 Å². The number of benzene rings is 1. The van der Waals surface area contributed by atoms with Crippen molar-refractivity contribution >= 4 is 16.6 Å². The molecule has 0 aliphatic heterocycles. The maximum absolute atomic E-state index is 5.89. The molecule has 0 bridgehead atoms. The summed E-state index contributed by atoms with van der Waals surface area (Å²) >= 11 is 0. The lowest BCUT2D eigenvalue weighted by Crippen LogP contribution is -1.93. The molecule has 0 atom stereocenters. The van der Waals surface area contributed by atoms with E-state index in [0.29, 0.717) is 0 Å². The van der Waals surface area contributed by atoms with Crippen LogP contribution >= 0.6 is 0 Å². The Hall–Kier alpha value is -1.57. The van der Waals surface area contributed by atoms with Gasteiger partial charge in [-0.25, -0.2) is 0 Å². The Labute approximate surface area is 77.4 Å². The van der Waals surface area contributed by atoms with E-state index in [0.717, 1.165) is 22.3 Å². The van der Waals surface area contributed by atoms with Crippen LogP contribution in [0.15, 0.2) is 24.3 Å². The van der Waals surface area contributed by atoms with Crippen LogP contribution in [0, 0.1) is 13.8 Å². The average molecular weight is 172 g/mol. The van der Waals surface area contributed by atoms with Gasteiger partial charge in [0.15, 0.2) is 0 Å². The Bertz CT molecular complexity index is 461. The molecule has 0 saturated carbocycles. The third kappa shape index (κ3) is 1.24. The number of nitrogens with zero attached hydrogens (tertiary/aromatic N) is 1. The van der Waals surface area contributed by atoms with Gasteiger partial charge in [-0.2, -0.15) is 0 Å². The molecule has 1 heterocycles. The molecule has 0 spiro atoms. The summed E-state index contributed by atoms with van der Waals surface area (Å²) in [6.07, 6.45) is 0. The van der Waals surface area contributed by atoms with E-state index in [-0.39, 0.29) is 0 Å². The molecular weight excluding hydrogens is 160 g/mol. The van der Waals surface area contributed by atoms with Crippen molar-refractivity contribution in [3.63, 3.8) is 0 Å². The zero-order valence-corrected chi connectivity index (χ0v) is 7.83. The second kappa shape index (κ2) is 2.73. The molecule has 1 aromatic carbocycles. The monoisotopic (exact) mass is 172 g/mol. The number of para-hydroxylation sites is 1. The van der Waals surface area contributed by atoms with E-state index < -0.39 is 0 Å². The fourth-order valence-electron chi connectivity index (χ4n) is 1.55. The van der Waals surface area contributed by atoms with Gasteiger partial charge in [0.05, 0.1) is 5.52 Å². The lowest BCUT2D eigenvalue weighted by Gasteiger charge is -2.05. The molecule has 2 aromatic rings. The number of rotatable bonds is 0. The summed E-state index contributed by atoms with van der Waals surface area (Å²) in [6, 6.07) is 7.96. The van der Waals surface area contributed by atoms with Gasteiger partial charge in [-0.3, -0.25) is 4.98 Å². The molecule has 0 radical (unpaired) electrons. The highest BCUT2D eigenvalue weighted by Gasteiger charge is 2.01. The van der Waals surface area contributed by atoms with Gasteiger partial charge in [0.1, 0.15) is 0 Å². The summed E-state index contributed by atoms with van der Waals surface area (Å²) in [5, 5.41) is 1.05. The maximum Gasteiger partial charge on any atom is 0.0754 e. The molecule has 13 heavy (non-hydrogen) atoms. The van der Waals surface area contributed by atoms with Gasteiger partial charge in [0.2, 0.25) is 0 Å². The lowest BCUT2D eigenvalue weighted by molar-refractivity contribution is 1.24. The summed E-state index contributed by atoms with van der Waals surface area (Å²) < 4.78 is 0. The van der Waals surface area contributed by atoms with Gasteiger partial charge in [-0.15, -0.1) is 0 Å². The predicted octanol–water partition coefficient (Wildman–Crippen LogP) is 2.43. The lowest BCUT2D eigenvalue weighted by atomic mass is 10.1. The molecule has 2 nitrogen and oxygen atoms in total. The third-order valence-electron chi connectivity index (χ3n) is 2.20. The first-order chi connectivity index (χ1) is 6.18. The molecule has 0 unspecified atom stereocenters. The number of nitrogens with two attached hydrogens (primary N) is 1. The Balaban J connectivity index is 2.94. The standard InChI is InChI=1S/C11H12N2/c1-7-4-3-5-9-10(12)6-8(2)13-11(7)9/h3-6H,1-2H3,(H2,12,13). The molecule has 2 rings (SSSR count). The second-order valence-electron chi connectivity index (χ2n) is 3.32. The number of aryl methyl sites for hydroxylation is 2. The van der Waals surface area contributed by atoms with E-state index in [1.54, 1.807) is 0 Å². The minimum atomic E-state index is 0.811. The summed E-state index contributed by atoms with van der Waals surface area (Å²) in [5.74, 6) is 0. The van der Waals surface area contributed by atoms with Crippen LogP contribution in [0.3, 0.4) is 0 Å². The van der Waals surface area contributed by atoms with Gasteiger partial charge in [0, 0.05) is 16.8 Å². The van der Waals surface area contributed by atoms with E-state index in [1.165, 1.54) is 5.56 Å². The zero-order valence-electron chi connectivity index (χ0n) is 7.83. The van der Waals surface area contributed by atoms with Gasteiger partial charge < -0.3 is 5.73 Å². The van der Waals surface area contributed by atoms with Gasteiger partial charge >= 0.3 is 0 Å². The topological polar surface area (TPSA) is 38.9 Å². The van der Waals surface area contributed by atoms with Crippen LogP contribution in [0.25, 0.3) is 10.9 Å². The molecule has 1 aromatic heterocycles. The molecule has 0 amide bonds. The van der Waals surface area contributed by atoms with Crippen molar-refractivity contribution in [1.29, 1.82) is 0 Å². The van der Waals surface area contributed by atoms with Crippen molar-refractivity contribution in [3.05, 3.63) is 35.5 Å². The van der Waals surface area contributed by atoms with E-state index in [1.807, 2.05) is 38.1 Å². The van der Waals surface area contributed by atoms with Crippen molar-refractivity contribution in [2.45, 2.75) is 13.8 Å². The third-order valence-corrected chi connectivity index (χ3v) is 2.20. The molecule has 0 saturated heterocycles. The Morgan fingerprint density at radius 3 is 2.77 bits per heavy atom. The van der Waals surface area contributed by atoms with E-state index in [4.69, 9.17) is 5.73 Å². The van der Waals surface area contributed by atoms with Crippen molar-refractivity contribution in [2.75, 3.05) is 5.73 Å². The fraction of sp³-hybridized carbons (Fsp3) is 0.182. The second-order valence-corrected chi connectivity index (χ2v) is 3.32. The summed E-state index contributed by atoms with van der Waals surface area (Å²) in [5.41, 5.74) is 9.86. The molecular formula is C11H12N2. The Kier molecular flexibility index (Phi) is 1.69. The normalized spacial score (nSPS) is 10.6. The van der Waals surface area contributed by atoms with E-state index >= 15 is 0 Å². The quantitative estimate of drug-likeness (QED) is 0.662. The van der Waals surface area contributed by atoms with Crippen LogP contribution < -0.4 is 5.73 Å². The number of anilines is 1. The minimum absolute atomic E-state index is 0.811. The largest absolute Gasteiger partial charge is 0.398 e. The van der Waals surface area contributed by atoms with Crippen LogP contribution in [0.1, 0.15) is 11.3 Å². The SMILES string of the molecule is Cc1cc(N)c2cccc(C)c2n1. The first-order valence-electron chi connectivity index (χ1n) is 4.31. The van der Waals surface area contributed by atoms with Crippen LogP contribution in [0.4, 0.5) is 5.69 Å². The maximum atomic E-state index is 5.89. The number of pyridine rings is 1. The number of hydrogen-bond donors (Lipinski definition) is 1. The Morgan fingerprint density at radius 2 is 2.00 bits per heavy atom. The highest BCUT2D eigenvalue weighted by molar-refractivity contribution is 5.92. The fourth-order valence-corrected chi connectivity index (χ4v) is 1.55. The van der Waals surface area contributed by atoms with Gasteiger partial charge in [-0.1, -0.05) is 18.2 Å². The first-order valence-corrected chi connectivity index (χ1v) is 4.31. The smallest absolute Gasteiger partial charge is 0.0754 e. The molecule has 0 fully saturated rings. The predicted molar refractivity (Wildman–Crippen MR) is 55.6 cm³/mol. The molecule has 66 valence electrons. The number of nitrogen functional groups attached to an aromatic ring is 1. The molecule has 2 heteroatoms. The van der Waals surface area contributed by atoms with Gasteiger partial charge in [0.25, 0.3) is 0 Å². The molecule has 0 aliphatic carbocycles. The van der Waals surface area contributed by atoms with Gasteiger partial charge in [-0.05, 0) is 25.5 Å². The van der Waals surface area contributed by atoms with Crippen LogP contribution in [0.2, 0.25) is 0 Å². The Morgan fingerprint density at radius 1 is 1.23 bits per heavy atom. The van der Waals surface area contributed by atoms with Crippen LogP contribution in [-0.2, 0) is 0 Å². The number of aromatic nitrogens is 1. The van der Waals surface area contributed by atoms with E-state index in [2.05, 4.69) is 4.98 Å². The molecule has 0 aliphatic rings. The highest BCUT2D eigenvalue weighted by Crippen LogP contribution is 2.22. The number of fused-ring (bicyclic) bond motifs is 1. The minimum Gasteiger partial charge on any atom is -0.398 e. The molecule has 2 N–H and O–H groups in total. The van der Waals surface area contributed by atoms with Crippen LogP contribution in [-0.4, -0.2) is 4.98 Å². The average Bonchev–Trinajstić information content (AvgIpc) is 2.07. The van der Waals surface area contributed by atoms with Crippen molar-refractivity contribution in [3.8, 4) is 0 Å². The highest BCUT2D eigenvalue weighted by atomic mass is 14.7. The van der Waals surface area contributed by atoms with E-state index in [9.17, 15) is 0 Å². The zero-order chi connectivity index (χ0) is 9.42. The first kappa shape index (κ1) is 8.05.